The van der Waals surface area contributed by atoms with Crippen LogP contribution in [0.15, 0.2) is 101 Å². The highest BCUT2D eigenvalue weighted by Crippen LogP contribution is 2.34. The summed E-state index contributed by atoms with van der Waals surface area (Å²) < 4.78 is 39.6. The van der Waals surface area contributed by atoms with E-state index in [4.69, 9.17) is 33.2 Å². The number of ketones is 1. The molecule has 0 aromatic carbocycles. The summed E-state index contributed by atoms with van der Waals surface area (Å²) >= 11 is 0. The van der Waals surface area contributed by atoms with Crippen molar-refractivity contribution in [3.05, 3.63) is 101 Å². The van der Waals surface area contributed by atoms with Gasteiger partial charge in [-0.15, -0.1) is 0 Å². The molecule has 32 nitrogen and oxygen atoms in total. The molecule has 0 aliphatic carbocycles. The fourth-order valence-electron chi connectivity index (χ4n) is 9.09. The van der Waals surface area contributed by atoms with Crippen LogP contribution in [0.4, 0.5) is 0 Å². The average Bonchev–Trinajstić information content (AvgIpc) is 0.874. The first kappa shape index (κ1) is 129. The van der Waals surface area contributed by atoms with Crippen LogP contribution in [0.1, 0.15) is 217 Å². The molecule has 0 aromatic heterocycles. The zero-order chi connectivity index (χ0) is 97.0. The highest BCUT2D eigenvalue weighted by Gasteiger charge is 2.29. The van der Waals surface area contributed by atoms with Gasteiger partial charge in [-0.2, -0.15) is 0 Å². The number of rotatable bonds is 57. The van der Waals surface area contributed by atoms with E-state index >= 15 is 0 Å². The van der Waals surface area contributed by atoms with Crippen molar-refractivity contribution in [1.82, 2.24) is 39.2 Å². The number of nitrogens with zero attached hydrogens (tertiary/aromatic N) is 8. The Hall–Kier alpha value is -10.4. The van der Waals surface area contributed by atoms with Crippen LogP contribution >= 0.6 is 0 Å². The van der Waals surface area contributed by atoms with E-state index in [1.165, 1.54) is 127 Å². The van der Waals surface area contributed by atoms with Crippen molar-refractivity contribution >= 4 is 94.8 Å². The van der Waals surface area contributed by atoms with Crippen LogP contribution in [0, 0.1) is 11.3 Å². The summed E-state index contributed by atoms with van der Waals surface area (Å²) in [5.74, 6) is -3.02. The Kier molecular flexibility index (Phi) is 91.1. The average molecular weight is 1760 g/mol. The van der Waals surface area contributed by atoms with Crippen LogP contribution < -0.4 is 0 Å². The van der Waals surface area contributed by atoms with Gasteiger partial charge in [0.1, 0.15) is 6.61 Å². The van der Waals surface area contributed by atoms with Gasteiger partial charge in [0.2, 0.25) is 47.3 Å². The van der Waals surface area contributed by atoms with Crippen molar-refractivity contribution in [2.75, 3.05) is 162 Å². The molecule has 0 bridgehead atoms. The second-order valence-electron chi connectivity index (χ2n) is 28.9. The van der Waals surface area contributed by atoms with E-state index in [0.717, 1.165) is 57.8 Å². The zero-order valence-electron chi connectivity index (χ0n) is 79.5. The number of hydrogen-bond acceptors (Lipinski definition) is 24. The van der Waals surface area contributed by atoms with Gasteiger partial charge in [-0.25, -0.2) is 0 Å². The van der Waals surface area contributed by atoms with Crippen molar-refractivity contribution in [3.8, 4) is 0 Å². The van der Waals surface area contributed by atoms with E-state index in [0.29, 0.717) is 104 Å². The summed E-state index contributed by atoms with van der Waals surface area (Å²) in [6.45, 7) is 54.8. The van der Waals surface area contributed by atoms with Gasteiger partial charge in [-0.1, -0.05) is 159 Å². The highest BCUT2D eigenvalue weighted by atomic mass is 16.6. The molecular weight excluding hydrogens is 1600 g/mol. The van der Waals surface area contributed by atoms with Gasteiger partial charge < -0.3 is 77.1 Å². The normalized spacial score (nSPS) is 10.2. The second kappa shape index (κ2) is 87.5. The minimum absolute atomic E-state index is 0.0391. The Labute approximate surface area is 743 Å². The molecule has 0 spiro atoms. The van der Waals surface area contributed by atoms with Crippen molar-refractivity contribution in [2.24, 2.45) is 11.3 Å². The first-order chi connectivity index (χ1) is 58.4. The summed E-state index contributed by atoms with van der Waals surface area (Å²) in [6, 6.07) is 0. The summed E-state index contributed by atoms with van der Waals surface area (Å²) in [7, 11) is 14.3. The Balaban J connectivity index is -0.000000208. The van der Waals surface area contributed by atoms with Gasteiger partial charge in [0.05, 0.1) is 91.2 Å². The van der Waals surface area contributed by atoms with E-state index in [2.05, 4.69) is 85.1 Å². The zero-order valence-corrected chi connectivity index (χ0v) is 79.5. The fourth-order valence-corrected chi connectivity index (χ4v) is 9.09. The topological polar surface area (TPSA) is 373 Å². The van der Waals surface area contributed by atoms with Gasteiger partial charge in [-0.05, 0) is 114 Å². The number of ether oxygens (including phenoxy) is 8. The smallest absolute Gasteiger partial charge is 0.307 e. The third kappa shape index (κ3) is 83.8. The van der Waals surface area contributed by atoms with Crippen molar-refractivity contribution in [1.29, 1.82) is 0 Å². The molecule has 0 aromatic rings. The predicted octanol–water partition coefficient (Wildman–Crippen LogP) is 11.8. The standard InChI is InChI=1S/C18H33NO3.C15H27NO3.2C11H19NO3.2C10H17NO3.C9H15NO3.C8H13NO3/c1-6-10-13-18(9-4,12-7-2)15-22-17(21)11-14-19(5)16(20)8-3;1-4-6-7-8-9-12-19-13-14(17)10-11-16(3)15(18)5-2;1-5-10(13)12(4)7-6-11(14)15-8-9(2)3;1-4-6-9-15-11(14)7-8-12(3)10(13)5-2;1-5-9(12)11(4)7-6-10(13)14-8(2)3;1-4-8-14-10(13)6-7-11(3)9(12)5-2;1-4-8(11)10(3)7-6-9(12)13-5-2;1-4-7(10)9(2)6-5-8(11)12-3/h8H,3,6-7,9-15H2,1-2,4-5H3;5H,2,4,6-13H2,1,3H3;5,9H,1,6-8H2,2-4H3;5H,2,4,6-9H2,1,3H3;5,8H,1,6-7H2,2-4H3;5H,2,4,6-8H2,1,3H3;4H,1,5-7H2,2-3H3;4H,1,5-6H2,2-3H3. The number of amides is 8. The molecule has 124 heavy (non-hydrogen) atoms. The van der Waals surface area contributed by atoms with E-state index in [9.17, 15) is 76.7 Å². The van der Waals surface area contributed by atoms with Crippen LogP contribution in [0.5, 0.6) is 0 Å². The quantitative estimate of drug-likeness (QED) is 0.0236. The summed E-state index contributed by atoms with van der Waals surface area (Å²) in [6.07, 6.45) is 26.9. The fraction of sp³-hybridized carbons (Fsp3) is 0.652. The van der Waals surface area contributed by atoms with E-state index in [1.807, 2.05) is 27.7 Å². The van der Waals surface area contributed by atoms with Gasteiger partial charge in [0.15, 0.2) is 5.78 Å². The molecule has 1 atom stereocenters. The number of carbonyl (C=O) groups excluding carboxylic acids is 16. The lowest BCUT2D eigenvalue weighted by Crippen LogP contribution is -2.30. The van der Waals surface area contributed by atoms with E-state index in [1.54, 1.807) is 77.2 Å². The lowest BCUT2D eigenvalue weighted by Gasteiger charge is -2.32. The molecule has 1 unspecified atom stereocenters. The summed E-state index contributed by atoms with van der Waals surface area (Å²) in [5, 5.41) is 0. The van der Waals surface area contributed by atoms with E-state index in [-0.39, 0.29) is 158 Å². The number of methoxy groups -OCH3 is 1. The highest BCUT2D eigenvalue weighted by molar-refractivity contribution is 5.90. The third-order valence-corrected chi connectivity index (χ3v) is 17.2. The molecule has 712 valence electrons. The molecule has 0 saturated heterocycles. The summed E-state index contributed by atoms with van der Waals surface area (Å²) in [4.78, 5) is 189. The van der Waals surface area contributed by atoms with Gasteiger partial charge >= 0.3 is 41.8 Å². The molecule has 0 saturated carbocycles. The molecule has 0 rings (SSSR count). The molecule has 0 heterocycles. The Morgan fingerprint density at radius 1 is 0.315 bits per heavy atom. The number of carbonyl (C=O) groups is 16. The number of esters is 7. The Morgan fingerprint density at radius 3 is 0.919 bits per heavy atom. The van der Waals surface area contributed by atoms with Crippen LogP contribution in [0.25, 0.3) is 0 Å². The molecule has 32 heteroatoms. The SMILES string of the molecule is C=CC(=O)N(C)CCC(=O)COCCCCCCC.C=CC(=O)N(C)CCC(=O)OC.C=CC(=O)N(C)CCC(=O)OC(C)C.C=CC(=O)N(C)CCC(=O)OCC.C=CC(=O)N(C)CCC(=O)OCC(C)C.C=CC(=O)N(C)CCC(=O)OCC(CC)(CCC)CCCC.C=CC(=O)N(C)CCC(=O)OCCC.C=CC(=O)N(C)CCC(=O)OCCCC. The number of Topliss-reactive ketones (excluding diaryl/α,β-unsaturated/α-hetero) is 1. The molecule has 0 aliphatic rings. The van der Waals surface area contributed by atoms with E-state index < -0.39 is 0 Å². The maximum atomic E-state index is 11.9. The Morgan fingerprint density at radius 2 is 0.621 bits per heavy atom. The maximum Gasteiger partial charge on any atom is 0.307 e. The predicted molar refractivity (Wildman–Crippen MR) is 485 cm³/mol. The molecule has 0 fully saturated rings. The number of hydrogen-bond donors (Lipinski definition) is 0. The van der Waals surface area contributed by atoms with Crippen LogP contribution in [-0.4, -0.2) is 302 Å². The van der Waals surface area contributed by atoms with Crippen LogP contribution in [0.2, 0.25) is 0 Å². The molecule has 0 aliphatic heterocycles. The second-order valence-corrected chi connectivity index (χ2v) is 28.9. The van der Waals surface area contributed by atoms with Crippen molar-refractivity contribution in [2.45, 2.75) is 224 Å². The number of unbranched alkanes of at least 4 members (excludes halogenated alkanes) is 6. The molecule has 8 amide bonds. The molecule has 0 N–H and O–H groups in total. The van der Waals surface area contributed by atoms with Crippen LogP contribution in [-0.2, 0) is 115 Å². The first-order valence-electron chi connectivity index (χ1n) is 42.6. The first-order valence-corrected chi connectivity index (χ1v) is 42.6. The summed E-state index contributed by atoms with van der Waals surface area (Å²) in [5.41, 5.74) is 0.114. The minimum Gasteiger partial charge on any atom is -0.469 e. The molecule has 0 radical (unpaired) electrons. The molecular formula is C92H160N8O24. The lowest BCUT2D eigenvalue weighted by molar-refractivity contribution is -0.149. The lowest BCUT2D eigenvalue weighted by atomic mass is 9.77. The van der Waals surface area contributed by atoms with Crippen molar-refractivity contribution < 1.29 is 115 Å². The number of likely N-dealkylation sites (N-methyl/N-ethyl adjacent to an activating group) is 8. The minimum atomic E-state index is -0.321. The van der Waals surface area contributed by atoms with Crippen LogP contribution in [0.3, 0.4) is 0 Å². The third-order valence-electron chi connectivity index (χ3n) is 17.2. The largest absolute Gasteiger partial charge is 0.469 e. The van der Waals surface area contributed by atoms with Gasteiger partial charge in [-0.3, -0.25) is 76.7 Å². The van der Waals surface area contributed by atoms with Gasteiger partial charge in [0, 0.05) is 127 Å². The maximum absolute atomic E-state index is 11.9. The van der Waals surface area contributed by atoms with Gasteiger partial charge in [0.25, 0.3) is 0 Å². The van der Waals surface area contributed by atoms with Crippen molar-refractivity contribution in [3.63, 3.8) is 0 Å². The monoisotopic (exact) mass is 1760 g/mol. The Bertz CT molecular complexity index is 3120.